The molecule has 1 aromatic carbocycles. The molecule has 0 heterocycles. The van der Waals surface area contributed by atoms with Crippen LogP contribution in [0.4, 0.5) is 0 Å². The number of amides is 1. The van der Waals surface area contributed by atoms with E-state index in [9.17, 15) is 23.1 Å². The average molecular weight is 383 g/mol. The molecule has 7 nitrogen and oxygen atoms in total. The Hall–Kier alpha value is -1.93. The molecule has 1 aliphatic carbocycles. The van der Waals surface area contributed by atoms with Crippen molar-refractivity contribution < 1.29 is 27.9 Å². The largest absolute Gasteiger partial charge is 0.481 e. The standard InChI is InChI=1S/C18H25NO6S/c1-25-11-12-26(23,24)14-9-7-13(8-10-14)17(20)19-16-6-4-2-3-5-15(16)18(21)22/h7-10,15-16H,2-6,11-12H2,1H3,(H,19,20)(H,21,22)/t15-,16+/m1/s1. The van der Waals surface area contributed by atoms with Gasteiger partial charge in [-0.05, 0) is 37.1 Å². The van der Waals surface area contributed by atoms with Crippen LogP contribution in [0, 0.1) is 5.92 Å². The molecule has 2 atom stereocenters. The van der Waals surface area contributed by atoms with E-state index in [4.69, 9.17) is 4.74 Å². The Bertz CT molecular complexity index is 729. The second kappa shape index (κ2) is 9.14. The first-order valence-corrected chi connectivity index (χ1v) is 10.4. The van der Waals surface area contributed by atoms with Crippen LogP contribution in [-0.2, 0) is 19.4 Å². The van der Waals surface area contributed by atoms with Crippen LogP contribution in [0.25, 0.3) is 0 Å². The van der Waals surface area contributed by atoms with Crippen molar-refractivity contribution in [2.24, 2.45) is 5.92 Å². The van der Waals surface area contributed by atoms with Crippen LogP contribution in [0.15, 0.2) is 29.2 Å². The number of nitrogens with one attached hydrogen (secondary N) is 1. The van der Waals surface area contributed by atoms with E-state index >= 15 is 0 Å². The predicted molar refractivity (Wildman–Crippen MR) is 95.8 cm³/mol. The number of carbonyl (C=O) groups excluding carboxylic acids is 1. The zero-order valence-electron chi connectivity index (χ0n) is 14.8. The molecule has 26 heavy (non-hydrogen) atoms. The van der Waals surface area contributed by atoms with Gasteiger partial charge in [0.1, 0.15) is 0 Å². The minimum Gasteiger partial charge on any atom is -0.481 e. The number of ether oxygens (including phenoxy) is 1. The lowest BCUT2D eigenvalue weighted by molar-refractivity contribution is -0.142. The number of sulfone groups is 1. The molecule has 0 spiro atoms. The first-order chi connectivity index (χ1) is 12.3. The summed E-state index contributed by atoms with van der Waals surface area (Å²) in [5.41, 5.74) is 0.309. The summed E-state index contributed by atoms with van der Waals surface area (Å²) in [6, 6.07) is 5.26. The van der Waals surface area contributed by atoms with Gasteiger partial charge in [0.05, 0.1) is 23.2 Å². The Balaban J connectivity index is 2.08. The van der Waals surface area contributed by atoms with Crippen molar-refractivity contribution >= 4 is 21.7 Å². The normalized spacial score (nSPS) is 21.0. The van der Waals surface area contributed by atoms with Crippen molar-refractivity contribution in [1.29, 1.82) is 0 Å². The maximum absolute atomic E-state index is 12.5. The molecule has 1 aliphatic rings. The SMILES string of the molecule is COCCS(=O)(=O)c1ccc(C(=O)N[C@H]2CCCCC[C@H]2C(=O)O)cc1. The summed E-state index contributed by atoms with van der Waals surface area (Å²) in [5.74, 6) is -1.99. The molecular formula is C18H25NO6S. The summed E-state index contributed by atoms with van der Waals surface area (Å²) in [6.07, 6.45) is 3.87. The van der Waals surface area contributed by atoms with E-state index in [0.29, 0.717) is 18.4 Å². The molecule has 1 saturated carbocycles. The Morgan fingerprint density at radius 2 is 1.81 bits per heavy atom. The minimum atomic E-state index is -3.45. The predicted octanol–water partition coefficient (Wildman–Crippen LogP) is 1.87. The van der Waals surface area contributed by atoms with Crippen molar-refractivity contribution in [2.75, 3.05) is 19.5 Å². The van der Waals surface area contributed by atoms with Crippen molar-refractivity contribution in [3.05, 3.63) is 29.8 Å². The van der Waals surface area contributed by atoms with Crippen molar-refractivity contribution in [3.63, 3.8) is 0 Å². The summed E-state index contributed by atoms with van der Waals surface area (Å²) in [6.45, 7) is 0.100. The van der Waals surface area contributed by atoms with Crippen molar-refractivity contribution in [2.45, 2.75) is 43.0 Å². The molecule has 2 N–H and O–H groups in total. The number of carboxylic acids is 1. The quantitative estimate of drug-likeness (QED) is 0.696. The topological polar surface area (TPSA) is 110 Å². The fourth-order valence-corrected chi connectivity index (χ4v) is 4.32. The van der Waals surface area contributed by atoms with Crippen LogP contribution in [0.1, 0.15) is 42.5 Å². The average Bonchev–Trinajstić information content (AvgIpc) is 2.85. The fraction of sp³-hybridized carbons (Fsp3) is 0.556. The number of carboxylic acid groups (broad SMARTS) is 1. The van der Waals surface area contributed by atoms with Gasteiger partial charge in [0.15, 0.2) is 9.84 Å². The van der Waals surface area contributed by atoms with E-state index in [2.05, 4.69) is 5.32 Å². The van der Waals surface area contributed by atoms with Gasteiger partial charge in [-0.25, -0.2) is 8.42 Å². The minimum absolute atomic E-state index is 0.100. The van der Waals surface area contributed by atoms with Gasteiger partial charge < -0.3 is 15.2 Å². The lowest BCUT2D eigenvalue weighted by Gasteiger charge is -2.23. The van der Waals surface area contributed by atoms with Crippen LogP contribution >= 0.6 is 0 Å². The molecule has 144 valence electrons. The molecule has 1 aromatic rings. The van der Waals surface area contributed by atoms with Gasteiger partial charge in [0.25, 0.3) is 5.91 Å². The number of hydrogen-bond donors (Lipinski definition) is 2. The van der Waals surface area contributed by atoms with Gasteiger partial charge in [-0.1, -0.05) is 19.3 Å². The first kappa shape index (κ1) is 20.4. The zero-order valence-corrected chi connectivity index (χ0v) is 15.6. The highest BCUT2D eigenvalue weighted by molar-refractivity contribution is 7.91. The number of aliphatic carboxylic acids is 1. The third-order valence-corrected chi connectivity index (χ3v) is 6.38. The van der Waals surface area contributed by atoms with Crippen LogP contribution < -0.4 is 5.32 Å². The molecule has 0 saturated heterocycles. The molecular weight excluding hydrogens is 358 g/mol. The molecule has 1 amide bonds. The lowest BCUT2D eigenvalue weighted by atomic mass is 9.94. The van der Waals surface area contributed by atoms with Crippen LogP contribution in [0.3, 0.4) is 0 Å². The van der Waals surface area contributed by atoms with Gasteiger partial charge in [0.2, 0.25) is 0 Å². The van der Waals surface area contributed by atoms with E-state index < -0.39 is 27.8 Å². The second-order valence-corrected chi connectivity index (χ2v) is 8.61. The summed E-state index contributed by atoms with van der Waals surface area (Å²) < 4.78 is 29.0. The van der Waals surface area contributed by atoms with Crippen LogP contribution in [0.2, 0.25) is 0 Å². The fourth-order valence-electron chi connectivity index (χ4n) is 3.15. The number of methoxy groups -OCH3 is 1. The molecule has 8 heteroatoms. The molecule has 0 radical (unpaired) electrons. The van der Waals surface area contributed by atoms with E-state index in [1.54, 1.807) is 0 Å². The highest BCUT2D eigenvalue weighted by atomic mass is 32.2. The van der Waals surface area contributed by atoms with Gasteiger partial charge in [0, 0.05) is 18.7 Å². The van der Waals surface area contributed by atoms with E-state index in [-0.39, 0.29) is 23.2 Å². The monoisotopic (exact) mass is 383 g/mol. The lowest BCUT2D eigenvalue weighted by Crippen LogP contribution is -2.42. The number of hydrogen-bond acceptors (Lipinski definition) is 5. The summed E-state index contributed by atoms with van der Waals surface area (Å²) >= 11 is 0. The van der Waals surface area contributed by atoms with E-state index in [0.717, 1.165) is 19.3 Å². The van der Waals surface area contributed by atoms with Crippen LogP contribution in [0.5, 0.6) is 0 Å². The Kier molecular flexibility index (Phi) is 7.16. The summed E-state index contributed by atoms with van der Waals surface area (Å²) in [5, 5.41) is 12.2. The maximum atomic E-state index is 12.5. The van der Waals surface area contributed by atoms with E-state index in [1.807, 2.05) is 0 Å². The summed E-state index contributed by atoms with van der Waals surface area (Å²) in [7, 11) is -2.02. The molecule has 0 unspecified atom stereocenters. The van der Waals surface area contributed by atoms with Gasteiger partial charge in [-0.2, -0.15) is 0 Å². The number of rotatable bonds is 7. The maximum Gasteiger partial charge on any atom is 0.308 e. The molecule has 1 fully saturated rings. The first-order valence-electron chi connectivity index (χ1n) is 8.70. The third-order valence-electron chi connectivity index (χ3n) is 4.68. The van der Waals surface area contributed by atoms with E-state index in [1.165, 1.54) is 31.4 Å². The van der Waals surface area contributed by atoms with Gasteiger partial charge in [-0.3, -0.25) is 9.59 Å². The molecule has 0 aromatic heterocycles. The van der Waals surface area contributed by atoms with Crippen LogP contribution in [-0.4, -0.2) is 50.9 Å². The Morgan fingerprint density at radius 1 is 1.15 bits per heavy atom. The smallest absolute Gasteiger partial charge is 0.308 e. The van der Waals surface area contributed by atoms with Crippen molar-refractivity contribution in [1.82, 2.24) is 5.32 Å². The summed E-state index contributed by atoms with van der Waals surface area (Å²) in [4.78, 5) is 24.0. The number of benzene rings is 1. The highest BCUT2D eigenvalue weighted by Crippen LogP contribution is 2.24. The van der Waals surface area contributed by atoms with Gasteiger partial charge >= 0.3 is 5.97 Å². The van der Waals surface area contributed by atoms with Gasteiger partial charge in [-0.15, -0.1) is 0 Å². The third kappa shape index (κ3) is 5.28. The molecule has 2 rings (SSSR count). The molecule has 0 aliphatic heterocycles. The van der Waals surface area contributed by atoms with Crippen molar-refractivity contribution in [3.8, 4) is 0 Å². The second-order valence-electron chi connectivity index (χ2n) is 6.50. The number of carbonyl (C=O) groups is 2. The Labute approximate surface area is 153 Å². The molecule has 0 bridgehead atoms. The zero-order chi connectivity index (χ0) is 19.2. The highest BCUT2D eigenvalue weighted by Gasteiger charge is 2.30. The Morgan fingerprint density at radius 3 is 2.42 bits per heavy atom.